The van der Waals surface area contributed by atoms with Gasteiger partial charge in [-0.05, 0) is 61.8 Å². The van der Waals surface area contributed by atoms with Gasteiger partial charge in [-0.2, -0.15) is 0 Å². The highest BCUT2D eigenvalue weighted by Crippen LogP contribution is 2.49. The van der Waals surface area contributed by atoms with Gasteiger partial charge in [0.05, 0.1) is 6.61 Å². The van der Waals surface area contributed by atoms with Crippen LogP contribution in [-0.4, -0.2) is 28.4 Å². The van der Waals surface area contributed by atoms with Crippen molar-refractivity contribution in [2.45, 2.75) is 39.5 Å². The Labute approximate surface area is 199 Å². The van der Waals surface area contributed by atoms with Crippen molar-refractivity contribution in [1.29, 1.82) is 0 Å². The van der Waals surface area contributed by atoms with Crippen LogP contribution in [-0.2, 0) is 9.59 Å². The number of phenolic OH excluding ortho intramolecular Hbond substituents is 1. The number of aromatic hydroxyl groups is 1. The molecule has 0 aromatic heterocycles. The molecule has 0 bridgehead atoms. The molecule has 2 aromatic carbocycles. The number of thioether (sulfide) groups is 1. The number of rotatable bonds is 6. The second-order valence-electron chi connectivity index (χ2n) is 8.29. The molecular weight excluding hydrogens is 432 g/mol. The van der Waals surface area contributed by atoms with Gasteiger partial charge in [0.25, 0.3) is 0 Å². The lowest BCUT2D eigenvalue weighted by atomic mass is 9.76. The Bertz CT molecular complexity index is 1190. The van der Waals surface area contributed by atoms with E-state index in [-0.39, 0.29) is 22.6 Å². The Morgan fingerprint density at radius 3 is 2.61 bits per heavy atom. The van der Waals surface area contributed by atoms with Gasteiger partial charge in [0.1, 0.15) is 0 Å². The zero-order valence-electron chi connectivity index (χ0n) is 19.2. The first-order chi connectivity index (χ1) is 15.9. The second-order valence-corrected chi connectivity index (χ2v) is 9.52. The van der Waals surface area contributed by atoms with Gasteiger partial charge < -0.3 is 9.84 Å². The molecule has 0 heterocycles. The number of ketones is 1. The van der Waals surface area contributed by atoms with Crippen molar-refractivity contribution in [2.24, 2.45) is 0 Å². The van der Waals surface area contributed by atoms with E-state index >= 15 is 0 Å². The molecule has 0 aliphatic heterocycles. The second kappa shape index (κ2) is 9.84. The van der Waals surface area contributed by atoms with E-state index < -0.39 is 0 Å². The number of allylic oxidation sites excluding steroid dienone is 4. The first-order valence-corrected chi connectivity index (χ1v) is 12.3. The summed E-state index contributed by atoms with van der Waals surface area (Å²) >= 11 is 1.30. The van der Waals surface area contributed by atoms with Crippen LogP contribution in [0.25, 0.3) is 6.08 Å². The van der Waals surface area contributed by atoms with Crippen molar-refractivity contribution in [3.8, 4) is 11.5 Å². The first-order valence-electron chi connectivity index (χ1n) is 11.3. The summed E-state index contributed by atoms with van der Waals surface area (Å²) in [4.78, 5) is 26.8. The molecule has 0 saturated carbocycles. The maximum absolute atomic E-state index is 13.7. The third-order valence-electron chi connectivity index (χ3n) is 6.09. The van der Waals surface area contributed by atoms with Gasteiger partial charge in [0.15, 0.2) is 17.3 Å². The molecule has 5 heteroatoms. The van der Waals surface area contributed by atoms with Crippen LogP contribution in [0.3, 0.4) is 0 Å². The summed E-state index contributed by atoms with van der Waals surface area (Å²) in [5.74, 6) is 0.849. The Morgan fingerprint density at radius 1 is 1.15 bits per heavy atom. The summed E-state index contributed by atoms with van der Waals surface area (Å²) in [6.07, 6.45) is 3.09. The molecule has 0 fully saturated rings. The molecule has 2 aromatic rings. The number of phenols is 1. The van der Waals surface area contributed by atoms with Crippen LogP contribution < -0.4 is 4.74 Å². The monoisotopic (exact) mass is 460 g/mol. The van der Waals surface area contributed by atoms with Crippen molar-refractivity contribution in [1.82, 2.24) is 0 Å². The molecule has 0 radical (unpaired) electrons. The van der Waals surface area contributed by atoms with Crippen LogP contribution in [0.2, 0.25) is 0 Å². The molecule has 0 saturated heterocycles. The van der Waals surface area contributed by atoms with Crippen LogP contribution in [0.5, 0.6) is 11.5 Å². The number of carbonyl (C=O) groups excluding carboxylic acids is 2. The van der Waals surface area contributed by atoms with E-state index in [9.17, 15) is 14.7 Å². The van der Waals surface area contributed by atoms with Crippen molar-refractivity contribution in [3.05, 3.63) is 87.5 Å². The molecule has 0 amide bonds. The van der Waals surface area contributed by atoms with Gasteiger partial charge in [-0.3, -0.25) is 9.59 Å². The summed E-state index contributed by atoms with van der Waals surface area (Å²) in [5.41, 5.74) is 6.14. The number of hydrogen-bond donors (Lipinski definition) is 1. The van der Waals surface area contributed by atoms with E-state index in [0.29, 0.717) is 36.5 Å². The average molecular weight is 461 g/mol. The van der Waals surface area contributed by atoms with Gasteiger partial charge >= 0.3 is 0 Å². The van der Waals surface area contributed by atoms with Gasteiger partial charge in [-0.1, -0.05) is 66.2 Å². The molecule has 2 aliphatic rings. The molecule has 2 aliphatic carbocycles. The molecule has 4 rings (SSSR count). The first kappa shape index (κ1) is 23.1. The van der Waals surface area contributed by atoms with E-state index in [0.717, 1.165) is 33.4 Å². The number of carbonyl (C=O) groups is 2. The normalized spacial score (nSPS) is 19.3. The van der Waals surface area contributed by atoms with Crippen LogP contribution in [0, 0.1) is 0 Å². The maximum atomic E-state index is 13.7. The molecular formula is C28H28O4S. The minimum absolute atomic E-state index is 0.00388. The minimum atomic E-state index is -0.335. The van der Waals surface area contributed by atoms with Gasteiger partial charge in [-0.25, -0.2) is 0 Å². The maximum Gasteiger partial charge on any atom is 0.216 e. The summed E-state index contributed by atoms with van der Waals surface area (Å²) < 4.78 is 5.49. The Kier molecular flexibility index (Phi) is 6.89. The standard InChI is InChI=1S/C28H28O4S/c1-4-32-23-15-18(11-12-22(23)29)14-21-16-20-13-17(3)24(28(31)33-5-2)25(26(20)27(21)30)19-9-7-6-8-10-19/h6-12,14-15,25,29H,4-5,13,16H2,1-3H3. The topological polar surface area (TPSA) is 63.6 Å². The van der Waals surface area contributed by atoms with E-state index in [2.05, 4.69) is 0 Å². The van der Waals surface area contributed by atoms with E-state index in [1.54, 1.807) is 18.2 Å². The summed E-state index contributed by atoms with van der Waals surface area (Å²) in [6, 6.07) is 15.0. The highest BCUT2D eigenvalue weighted by molar-refractivity contribution is 8.14. The highest BCUT2D eigenvalue weighted by atomic mass is 32.2. The summed E-state index contributed by atoms with van der Waals surface area (Å²) in [5, 5.41) is 10.1. The van der Waals surface area contributed by atoms with E-state index in [4.69, 9.17) is 4.74 Å². The zero-order valence-corrected chi connectivity index (χ0v) is 20.0. The van der Waals surface area contributed by atoms with E-state index in [1.165, 1.54) is 11.8 Å². The number of ether oxygens (including phenoxy) is 1. The quantitative estimate of drug-likeness (QED) is 0.518. The van der Waals surface area contributed by atoms with E-state index in [1.807, 2.05) is 57.2 Å². The fourth-order valence-corrected chi connectivity index (χ4v) is 5.44. The fourth-order valence-electron chi connectivity index (χ4n) is 4.73. The highest BCUT2D eigenvalue weighted by Gasteiger charge is 2.41. The van der Waals surface area contributed by atoms with Gasteiger partial charge in [-0.15, -0.1) is 0 Å². The molecule has 33 heavy (non-hydrogen) atoms. The van der Waals surface area contributed by atoms with Crippen LogP contribution >= 0.6 is 11.8 Å². The third kappa shape index (κ3) is 4.55. The number of Topliss-reactive ketones (excluding diaryl/α,β-unsaturated/α-hetero) is 1. The van der Waals surface area contributed by atoms with Crippen molar-refractivity contribution in [3.63, 3.8) is 0 Å². The van der Waals surface area contributed by atoms with Crippen molar-refractivity contribution < 1.29 is 19.4 Å². The Balaban J connectivity index is 1.74. The lowest BCUT2D eigenvalue weighted by Gasteiger charge is -2.28. The predicted molar refractivity (Wildman–Crippen MR) is 134 cm³/mol. The molecule has 1 atom stereocenters. The van der Waals surface area contributed by atoms with Crippen molar-refractivity contribution in [2.75, 3.05) is 12.4 Å². The van der Waals surface area contributed by atoms with Crippen molar-refractivity contribution >= 4 is 28.7 Å². The fraction of sp³-hybridized carbons (Fsp3) is 0.286. The number of benzene rings is 2. The average Bonchev–Trinajstić information content (AvgIpc) is 3.10. The Morgan fingerprint density at radius 2 is 1.91 bits per heavy atom. The summed E-state index contributed by atoms with van der Waals surface area (Å²) in [6.45, 7) is 6.29. The lowest BCUT2D eigenvalue weighted by molar-refractivity contribution is -0.112. The van der Waals surface area contributed by atoms with Gasteiger partial charge in [0, 0.05) is 22.6 Å². The molecule has 1 N–H and O–H groups in total. The SMILES string of the molecule is CCOc1cc(C=C2CC3=C(C2=O)C(c2ccccc2)C(C(=O)SCC)=C(C)C3)ccc1O. The predicted octanol–water partition coefficient (Wildman–Crippen LogP) is 6.23. The lowest BCUT2D eigenvalue weighted by Crippen LogP contribution is -2.21. The van der Waals surface area contributed by atoms with Gasteiger partial charge in [0.2, 0.25) is 5.12 Å². The van der Waals surface area contributed by atoms with Crippen LogP contribution in [0.15, 0.2) is 76.4 Å². The summed E-state index contributed by atoms with van der Waals surface area (Å²) in [7, 11) is 0. The zero-order chi connectivity index (χ0) is 23.5. The third-order valence-corrected chi connectivity index (χ3v) is 6.86. The van der Waals surface area contributed by atoms with Crippen LogP contribution in [0.4, 0.5) is 0 Å². The molecule has 1 unspecified atom stereocenters. The largest absolute Gasteiger partial charge is 0.504 e. The molecule has 170 valence electrons. The molecule has 0 spiro atoms. The smallest absolute Gasteiger partial charge is 0.216 e. The minimum Gasteiger partial charge on any atom is -0.504 e. The Hall–Kier alpha value is -3.05. The van der Waals surface area contributed by atoms with Crippen LogP contribution in [0.1, 0.15) is 50.7 Å². The number of hydrogen-bond acceptors (Lipinski definition) is 5. The molecule has 4 nitrogen and oxygen atoms in total.